The largest absolute Gasteiger partial charge is 0.404 e. The van der Waals surface area contributed by atoms with Gasteiger partial charge in [-0.2, -0.15) is 4.98 Å². The normalized spacial score (nSPS) is 23.1. The molecule has 4 heterocycles. The van der Waals surface area contributed by atoms with Crippen LogP contribution in [0.15, 0.2) is 30.5 Å². The van der Waals surface area contributed by atoms with E-state index in [2.05, 4.69) is 15.5 Å². The number of piperidine rings is 1. The lowest BCUT2D eigenvalue weighted by Gasteiger charge is -2.53. The molecule has 0 amide bonds. The van der Waals surface area contributed by atoms with Crippen molar-refractivity contribution < 1.29 is 4.74 Å². The summed E-state index contributed by atoms with van der Waals surface area (Å²) in [4.78, 5) is 12.0. The van der Waals surface area contributed by atoms with Crippen molar-refractivity contribution in [2.24, 2.45) is 5.73 Å². The first-order valence-electron chi connectivity index (χ1n) is 9.53. The Morgan fingerprint density at radius 3 is 2.68 bits per heavy atom. The Balaban J connectivity index is 1.44. The van der Waals surface area contributed by atoms with Crippen molar-refractivity contribution in [3.63, 3.8) is 0 Å². The Labute approximate surface area is 163 Å². The van der Waals surface area contributed by atoms with Crippen molar-refractivity contribution in [2.75, 3.05) is 23.3 Å². The average Bonchev–Trinajstić information content (AvgIpc) is 3.20. The Morgan fingerprint density at radius 2 is 2.00 bits per heavy atom. The van der Waals surface area contributed by atoms with Gasteiger partial charge in [0.1, 0.15) is 5.82 Å². The highest BCUT2D eigenvalue weighted by Crippen LogP contribution is 2.36. The van der Waals surface area contributed by atoms with Crippen LogP contribution in [-0.2, 0) is 18.0 Å². The van der Waals surface area contributed by atoms with E-state index < -0.39 is 0 Å². The molecule has 2 bridgehead atoms. The summed E-state index contributed by atoms with van der Waals surface area (Å²) >= 11 is 0. The summed E-state index contributed by atoms with van der Waals surface area (Å²) < 4.78 is 5.63. The fourth-order valence-electron chi connectivity index (χ4n) is 4.18. The number of aromatic nitrogens is 2. The van der Waals surface area contributed by atoms with Crippen LogP contribution in [0.3, 0.4) is 0 Å². The van der Waals surface area contributed by atoms with Crippen LogP contribution in [0.25, 0.3) is 5.57 Å². The lowest BCUT2D eigenvalue weighted by atomic mass is 9.89. The number of rotatable bonds is 5. The number of ether oxygens (including phenoxy) is 1. The van der Waals surface area contributed by atoms with Gasteiger partial charge in [-0.15, -0.1) is 0 Å². The van der Waals surface area contributed by atoms with Crippen molar-refractivity contribution in [3.8, 4) is 0 Å². The van der Waals surface area contributed by atoms with Gasteiger partial charge in [0.2, 0.25) is 5.95 Å². The topological polar surface area (TPSA) is 112 Å². The number of nitrogens with two attached hydrogens (primary N) is 1. The van der Waals surface area contributed by atoms with Crippen LogP contribution in [0.4, 0.5) is 17.5 Å². The fraction of sp³-hybridized carbons (Fsp3) is 0.350. The minimum Gasteiger partial charge on any atom is -0.404 e. The molecule has 8 nitrogen and oxygen atoms in total. The van der Waals surface area contributed by atoms with Crippen molar-refractivity contribution in [2.45, 2.75) is 31.7 Å². The van der Waals surface area contributed by atoms with E-state index in [0.29, 0.717) is 30.9 Å². The molecule has 3 aliphatic heterocycles. The summed E-state index contributed by atoms with van der Waals surface area (Å²) in [6, 6.07) is 8.78. The molecule has 0 saturated carbocycles. The molecule has 1 aromatic carbocycles. The zero-order valence-corrected chi connectivity index (χ0v) is 15.5. The molecular weight excluding hydrogens is 354 g/mol. The first-order chi connectivity index (χ1) is 13.8. The summed E-state index contributed by atoms with van der Waals surface area (Å²) in [5.41, 5.74) is 10.1. The molecule has 8 heteroatoms. The molecule has 2 saturated heterocycles. The molecule has 28 heavy (non-hydrogen) atoms. The SMILES string of the molecule is N=C/C(=C\N)c1ccc(Nc2nc(N3C4CNCC3C4)nc3c2COC3)cc1. The van der Waals surface area contributed by atoms with Gasteiger partial charge in [0, 0.05) is 54.4 Å². The van der Waals surface area contributed by atoms with Gasteiger partial charge in [-0.25, -0.2) is 4.98 Å². The number of hydrogen-bond donors (Lipinski definition) is 4. The van der Waals surface area contributed by atoms with Crippen LogP contribution in [0, 0.1) is 5.41 Å². The Hall–Kier alpha value is -2.97. The van der Waals surface area contributed by atoms with Gasteiger partial charge >= 0.3 is 0 Å². The van der Waals surface area contributed by atoms with E-state index in [1.165, 1.54) is 18.8 Å². The van der Waals surface area contributed by atoms with Crippen molar-refractivity contribution in [3.05, 3.63) is 47.3 Å². The summed E-state index contributed by atoms with van der Waals surface area (Å²) in [7, 11) is 0. The van der Waals surface area contributed by atoms with Crippen molar-refractivity contribution >= 4 is 29.2 Å². The number of nitrogens with one attached hydrogen (secondary N) is 3. The van der Waals surface area contributed by atoms with E-state index in [9.17, 15) is 0 Å². The smallest absolute Gasteiger partial charge is 0.228 e. The van der Waals surface area contributed by atoms with Crippen LogP contribution in [0.5, 0.6) is 0 Å². The zero-order valence-electron chi connectivity index (χ0n) is 15.5. The van der Waals surface area contributed by atoms with E-state index in [1.807, 2.05) is 24.3 Å². The van der Waals surface area contributed by atoms with Gasteiger partial charge in [-0.1, -0.05) is 12.1 Å². The van der Waals surface area contributed by atoms with E-state index in [0.717, 1.165) is 47.4 Å². The minimum absolute atomic E-state index is 0.480. The summed E-state index contributed by atoms with van der Waals surface area (Å²) in [6.07, 6.45) is 3.90. The quantitative estimate of drug-likeness (QED) is 0.587. The van der Waals surface area contributed by atoms with Crippen LogP contribution >= 0.6 is 0 Å². The first kappa shape index (κ1) is 17.2. The van der Waals surface area contributed by atoms with Gasteiger partial charge in [0.15, 0.2) is 0 Å². The molecular formula is C20H23N7O. The molecule has 5 rings (SSSR count). The lowest BCUT2D eigenvalue weighted by molar-refractivity contribution is 0.133. The second-order valence-electron chi connectivity index (χ2n) is 7.37. The second-order valence-corrected chi connectivity index (χ2v) is 7.37. The van der Waals surface area contributed by atoms with Gasteiger partial charge in [0.25, 0.3) is 0 Å². The molecule has 0 spiro atoms. The number of piperazine rings is 1. The molecule has 144 valence electrons. The number of fused-ring (bicyclic) bond motifs is 3. The predicted molar refractivity (Wildman–Crippen MR) is 109 cm³/mol. The van der Waals surface area contributed by atoms with Crippen molar-refractivity contribution in [1.82, 2.24) is 15.3 Å². The predicted octanol–water partition coefficient (Wildman–Crippen LogP) is 1.75. The van der Waals surface area contributed by atoms with E-state index in [1.54, 1.807) is 0 Å². The second kappa shape index (κ2) is 6.88. The molecule has 2 unspecified atom stereocenters. The van der Waals surface area contributed by atoms with Crippen molar-refractivity contribution in [1.29, 1.82) is 5.41 Å². The number of allylic oxidation sites excluding steroid dienone is 1. The van der Waals surface area contributed by atoms with Gasteiger partial charge in [-0.05, 0) is 24.1 Å². The number of hydrogen-bond acceptors (Lipinski definition) is 8. The monoisotopic (exact) mass is 377 g/mol. The van der Waals surface area contributed by atoms with Crippen LogP contribution < -0.4 is 21.3 Å². The molecule has 2 atom stereocenters. The molecule has 0 radical (unpaired) electrons. The highest BCUT2D eigenvalue weighted by Gasteiger charge is 2.43. The Morgan fingerprint density at radius 1 is 1.21 bits per heavy atom. The fourth-order valence-corrected chi connectivity index (χ4v) is 4.18. The zero-order chi connectivity index (χ0) is 19.1. The summed E-state index contributed by atoms with van der Waals surface area (Å²) in [6.45, 7) is 3.03. The van der Waals surface area contributed by atoms with Gasteiger partial charge < -0.3 is 31.4 Å². The maximum atomic E-state index is 7.43. The minimum atomic E-state index is 0.480. The highest BCUT2D eigenvalue weighted by atomic mass is 16.5. The summed E-state index contributed by atoms with van der Waals surface area (Å²) in [5.74, 6) is 1.60. The molecule has 3 aliphatic rings. The Bertz CT molecular complexity index is 926. The third-order valence-corrected chi connectivity index (χ3v) is 5.70. The molecule has 2 fully saturated rings. The van der Waals surface area contributed by atoms with E-state index in [4.69, 9.17) is 25.8 Å². The standard InChI is InChI=1S/C20H23N7O/c21-6-13(7-22)12-1-3-14(4-2-12)24-19-17-10-28-11-18(17)25-20(26-19)27-15-5-16(27)9-23-8-15/h1-4,6-7,15-16,21,23H,5,8-11,22H2,(H,24,25,26)/b13-7+,21-6?. The number of nitrogens with zero attached hydrogens (tertiary/aromatic N) is 3. The maximum Gasteiger partial charge on any atom is 0.228 e. The lowest BCUT2D eigenvalue weighted by Crippen LogP contribution is -2.68. The Kier molecular flexibility index (Phi) is 4.22. The maximum absolute atomic E-state index is 7.43. The average molecular weight is 377 g/mol. The van der Waals surface area contributed by atoms with Crippen LogP contribution in [-0.4, -0.2) is 41.4 Å². The highest BCUT2D eigenvalue weighted by molar-refractivity contribution is 6.08. The number of anilines is 3. The third kappa shape index (κ3) is 2.81. The third-order valence-electron chi connectivity index (χ3n) is 5.70. The first-order valence-corrected chi connectivity index (χ1v) is 9.53. The van der Waals surface area contributed by atoms with Gasteiger partial charge in [0.05, 0.1) is 18.9 Å². The summed E-state index contributed by atoms with van der Waals surface area (Å²) in [5, 5.41) is 14.3. The van der Waals surface area contributed by atoms with E-state index >= 15 is 0 Å². The number of benzene rings is 1. The van der Waals surface area contributed by atoms with Crippen LogP contribution in [0.1, 0.15) is 23.2 Å². The molecule has 5 N–H and O–H groups in total. The molecule has 1 aromatic heterocycles. The van der Waals surface area contributed by atoms with Crippen LogP contribution in [0.2, 0.25) is 0 Å². The molecule has 0 aliphatic carbocycles. The molecule has 2 aromatic rings. The van der Waals surface area contributed by atoms with E-state index in [-0.39, 0.29) is 0 Å². The van der Waals surface area contributed by atoms with Gasteiger partial charge in [-0.3, -0.25) is 0 Å².